The lowest BCUT2D eigenvalue weighted by Crippen LogP contribution is -2.29. The van der Waals surface area contributed by atoms with Crippen LogP contribution in [0.5, 0.6) is 0 Å². The molecule has 0 aliphatic carbocycles. The first-order valence-corrected chi connectivity index (χ1v) is 10.2. The fourth-order valence-electron chi connectivity index (χ4n) is 3.55. The second-order valence-electron chi connectivity index (χ2n) is 7.11. The van der Waals surface area contributed by atoms with Gasteiger partial charge in [-0.3, -0.25) is 9.69 Å². The Balaban J connectivity index is 1.41. The predicted octanol–water partition coefficient (Wildman–Crippen LogP) is 4.33. The summed E-state index contributed by atoms with van der Waals surface area (Å²) in [6.45, 7) is 4.79. The number of aromatic nitrogens is 1. The normalized spacial score (nSPS) is 13.9. The quantitative estimate of drug-likeness (QED) is 0.699. The number of amides is 1. The summed E-state index contributed by atoms with van der Waals surface area (Å²) in [6, 6.07) is 12.4. The third kappa shape index (κ3) is 4.46. The van der Waals surface area contributed by atoms with Crippen LogP contribution < -0.4 is 5.32 Å². The number of rotatable bonds is 5. The summed E-state index contributed by atoms with van der Waals surface area (Å²) in [6.07, 6.45) is 2.98. The summed E-state index contributed by atoms with van der Waals surface area (Å²) in [4.78, 5) is 20.3. The molecule has 0 atom stereocenters. The number of carbonyl (C=O) groups is 1. The van der Waals surface area contributed by atoms with Crippen molar-refractivity contribution in [1.29, 1.82) is 0 Å². The number of anilines is 1. The van der Waals surface area contributed by atoms with Gasteiger partial charge in [0.05, 0.1) is 11.4 Å². The molecular weight excluding hydrogens is 373 g/mol. The molecule has 4 rings (SSSR count). The standard InChI is InChI=1S/C22H22FN3OS/c1-15-24-12-20(28-15)14-26-9-8-16-6-7-19(10-18(16)13-26)25-22(27)11-17-4-2-3-5-21(17)23/h2-7,10,12H,8-9,11,13-14H2,1H3,(H,25,27). The first kappa shape index (κ1) is 18.8. The second kappa shape index (κ2) is 8.20. The van der Waals surface area contributed by atoms with Gasteiger partial charge in [0.1, 0.15) is 5.82 Å². The van der Waals surface area contributed by atoms with Crippen LogP contribution in [0.2, 0.25) is 0 Å². The van der Waals surface area contributed by atoms with E-state index in [-0.39, 0.29) is 18.1 Å². The number of nitrogens with one attached hydrogen (secondary N) is 1. The van der Waals surface area contributed by atoms with Crippen LogP contribution >= 0.6 is 11.3 Å². The van der Waals surface area contributed by atoms with Crippen LogP contribution in [0.3, 0.4) is 0 Å². The van der Waals surface area contributed by atoms with Crippen LogP contribution in [-0.2, 0) is 30.7 Å². The maximum absolute atomic E-state index is 13.7. The number of fused-ring (bicyclic) bond motifs is 1. The van der Waals surface area contributed by atoms with Gasteiger partial charge in [0, 0.05) is 36.4 Å². The van der Waals surface area contributed by atoms with E-state index in [9.17, 15) is 9.18 Å². The molecule has 0 radical (unpaired) electrons. The van der Waals surface area contributed by atoms with Crippen molar-refractivity contribution in [3.05, 3.63) is 81.1 Å². The molecular formula is C22H22FN3OS. The molecule has 1 aromatic heterocycles. The summed E-state index contributed by atoms with van der Waals surface area (Å²) in [5.41, 5.74) is 3.72. The average molecular weight is 396 g/mol. The van der Waals surface area contributed by atoms with E-state index in [2.05, 4.69) is 21.3 Å². The van der Waals surface area contributed by atoms with Crippen molar-refractivity contribution in [3.8, 4) is 0 Å². The summed E-state index contributed by atoms with van der Waals surface area (Å²) in [5.74, 6) is -0.560. The van der Waals surface area contributed by atoms with Gasteiger partial charge in [0.25, 0.3) is 0 Å². The first-order valence-electron chi connectivity index (χ1n) is 9.35. The van der Waals surface area contributed by atoms with E-state index in [1.165, 1.54) is 22.1 Å². The molecule has 3 aromatic rings. The van der Waals surface area contributed by atoms with Gasteiger partial charge in [0.15, 0.2) is 0 Å². The molecule has 0 unspecified atom stereocenters. The molecule has 1 aliphatic rings. The summed E-state index contributed by atoms with van der Waals surface area (Å²) >= 11 is 1.74. The molecule has 0 saturated carbocycles. The molecule has 6 heteroatoms. The van der Waals surface area contributed by atoms with Gasteiger partial charge in [-0.25, -0.2) is 9.37 Å². The molecule has 0 spiro atoms. The van der Waals surface area contributed by atoms with Crippen LogP contribution in [0.1, 0.15) is 26.6 Å². The molecule has 0 saturated heterocycles. The fraction of sp³-hybridized carbons (Fsp3) is 0.273. The number of hydrogen-bond donors (Lipinski definition) is 1. The van der Waals surface area contributed by atoms with Crippen LogP contribution in [-0.4, -0.2) is 22.3 Å². The highest BCUT2D eigenvalue weighted by atomic mass is 32.1. The Labute approximate surface area is 168 Å². The Bertz CT molecular complexity index is 1000. The number of nitrogens with zero attached hydrogens (tertiary/aromatic N) is 2. The summed E-state index contributed by atoms with van der Waals surface area (Å²) in [5, 5.41) is 3.99. The van der Waals surface area contributed by atoms with Crippen molar-refractivity contribution in [1.82, 2.24) is 9.88 Å². The number of thiazole rings is 1. The van der Waals surface area contributed by atoms with Crippen LogP contribution in [0.25, 0.3) is 0 Å². The van der Waals surface area contributed by atoms with Crippen molar-refractivity contribution < 1.29 is 9.18 Å². The van der Waals surface area contributed by atoms with Gasteiger partial charge in [-0.15, -0.1) is 11.3 Å². The van der Waals surface area contributed by atoms with E-state index in [0.29, 0.717) is 5.56 Å². The Hall–Kier alpha value is -2.57. The highest BCUT2D eigenvalue weighted by molar-refractivity contribution is 7.11. The molecule has 2 heterocycles. The highest BCUT2D eigenvalue weighted by Gasteiger charge is 2.18. The largest absolute Gasteiger partial charge is 0.326 e. The van der Waals surface area contributed by atoms with E-state index < -0.39 is 0 Å². The summed E-state index contributed by atoms with van der Waals surface area (Å²) in [7, 11) is 0. The third-order valence-corrected chi connectivity index (χ3v) is 5.84. The topological polar surface area (TPSA) is 45.2 Å². The van der Waals surface area contributed by atoms with Gasteiger partial charge in [-0.1, -0.05) is 24.3 Å². The highest BCUT2D eigenvalue weighted by Crippen LogP contribution is 2.25. The van der Waals surface area contributed by atoms with Crippen LogP contribution in [0.15, 0.2) is 48.7 Å². The molecule has 0 fully saturated rings. The maximum atomic E-state index is 13.7. The lowest BCUT2D eigenvalue weighted by molar-refractivity contribution is -0.115. The van der Waals surface area contributed by atoms with E-state index in [0.717, 1.165) is 36.8 Å². The third-order valence-electron chi connectivity index (χ3n) is 4.94. The molecule has 0 bridgehead atoms. The number of hydrogen-bond acceptors (Lipinski definition) is 4. The number of aryl methyl sites for hydroxylation is 1. The lowest BCUT2D eigenvalue weighted by Gasteiger charge is -2.28. The minimum Gasteiger partial charge on any atom is -0.326 e. The molecule has 144 valence electrons. The van der Waals surface area contributed by atoms with Crippen molar-refractivity contribution in [3.63, 3.8) is 0 Å². The van der Waals surface area contributed by atoms with Crippen molar-refractivity contribution >= 4 is 22.9 Å². The van der Waals surface area contributed by atoms with E-state index >= 15 is 0 Å². The Kier molecular flexibility index (Phi) is 5.50. The number of carbonyl (C=O) groups excluding carboxylic acids is 1. The average Bonchev–Trinajstić information content (AvgIpc) is 3.08. The van der Waals surface area contributed by atoms with Crippen molar-refractivity contribution in [2.45, 2.75) is 32.9 Å². The number of benzene rings is 2. The zero-order chi connectivity index (χ0) is 19.5. The minimum atomic E-state index is -0.350. The van der Waals surface area contributed by atoms with Gasteiger partial charge in [-0.2, -0.15) is 0 Å². The van der Waals surface area contributed by atoms with Crippen molar-refractivity contribution in [2.75, 3.05) is 11.9 Å². The van der Waals surface area contributed by atoms with Gasteiger partial charge < -0.3 is 5.32 Å². The number of halogens is 1. The van der Waals surface area contributed by atoms with Crippen molar-refractivity contribution in [2.24, 2.45) is 0 Å². The van der Waals surface area contributed by atoms with E-state index in [1.807, 2.05) is 25.3 Å². The zero-order valence-electron chi connectivity index (χ0n) is 15.7. The fourth-order valence-corrected chi connectivity index (χ4v) is 4.38. The van der Waals surface area contributed by atoms with Crippen LogP contribution in [0.4, 0.5) is 10.1 Å². The lowest BCUT2D eigenvalue weighted by atomic mass is 9.99. The molecule has 1 N–H and O–H groups in total. The Morgan fingerprint density at radius 2 is 2.11 bits per heavy atom. The molecule has 4 nitrogen and oxygen atoms in total. The summed E-state index contributed by atoms with van der Waals surface area (Å²) < 4.78 is 13.7. The molecule has 28 heavy (non-hydrogen) atoms. The van der Waals surface area contributed by atoms with E-state index in [4.69, 9.17) is 0 Å². The second-order valence-corrected chi connectivity index (χ2v) is 8.43. The smallest absolute Gasteiger partial charge is 0.228 e. The SMILES string of the molecule is Cc1ncc(CN2CCc3ccc(NC(=O)Cc4ccccc4F)cc3C2)s1. The minimum absolute atomic E-state index is 0.0284. The van der Waals surface area contributed by atoms with E-state index in [1.54, 1.807) is 29.5 Å². The Morgan fingerprint density at radius 1 is 1.25 bits per heavy atom. The van der Waals surface area contributed by atoms with Crippen LogP contribution in [0, 0.1) is 12.7 Å². The monoisotopic (exact) mass is 395 g/mol. The zero-order valence-corrected chi connectivity index (χ0v) is 16.6. The molecule has 1 aliphatic heterocycles. The predicted molar refractivity (Wildman–Crippen MR) is 110 cm³/mol. The molecule has 1 amide bonds. The van der Waals surface area contributed by atoms with Gasteiger partial charge in [-0.05, 0) is 48.2 Å². The Morgan fingerprint density at radius 3 is 2.89 bits per heavy atom. The maximum Gasteiger partial charge on any atom is 0.228 e. The first-order chi connectivity index (χ1) is 13.6. The van der Waals surface area contributed by atoms with Gasteiger partial charge >= 0.3 is 0 Å². The molecule has 2 aromatic carbocycles. The van der Waals surface area contributed by atoms with Gasteiger partial charge in [0.2, 0.25) is 5.91 Å².